The molecule has 0 N–H and O–H groups in total. The summed E-state index contributed by atoms with van der Waals surface area (Å²) in [6, 6.07) is 0. The van der Waals surface area contributed by atoms with Crippen molar-refractivity contribution in [3.63, 3.8) is 0 Å². The zero-order valence-corrected chi connectivity index (χ0v) is 23.9. The quantitative estimate of drug-likeness (QED) is 0.0681. The molecule has 0 aromatic heterocycles. The van der Waals surface area contributed by atoms with Crippen LogP contribution in [0.25, 0.3) is 0 Å². The van der Waals surface area contributed by atoms with Gasteiger partial charge < -0.3 is 13.3 Å². The highest BCUT2D eigenvalue weighted by atomic mass is 28.4. The van der Waals surface area contributed by atoms with Crippen LogP contribution in [0.15, 0.2) is 0 Å². The molecule has 43 heavy (non-hydrogen) atoms. The summed E-state index contributed by atoms with van der Waals surface area (Å²) < 4.78 is 246. The minimum atomic E-state index is -8.21. The Hall–Kier alpha value is -1.09. The van der Waals surface area contributed by atoms with Gasteiger partial charge in [0, 0.05) is 34.2 Å². The van der Waals surface area contributed by atoms with E-state index in [-0.39, 0.29) is 47.0 Å². The molecule has 0 spiro atoms. The van der Waals surface area contributed by atoms with Gasteiger partial charge in [0.05, 0.1) is 0 Å². The lowest BCUT2D eigenvalue weighted by atomic mass is 9.89. The molecule has 21 heteroatoms. The van der Waals surface area contributed by atoms with E-state index >= 15 is 0 Å². The molecule has 0 radical (unpaired) electrons. The Morgan fingerprint density at radius 3 is 0.977 bits per heavy atom. The van der Waals surface area contributed by atoms with E-state index in [1.165, 1.54) is 0 Å². The van der Waals surface area contributed by atoms with Crippen molar-refractivity contribution in [2.75, 3.05) is 21.3 Å². The maximum absolute atomic E-state index is 14.4. The van der Waals surface area contributed by atoms with Crippen LogP contribution in [-0.4, -0.2) is 77.4 Å². The van der Waals surface area contributed by atoms with Crippen LogP contribution in [-0.2, 0) is 13.3 Å². The van der Waals surface area contributed by atoms with Gasteiger partial charge in [0.2, 0.25) is 0 Å². The SMILES string of the molecule is CO[Si](OC)(OC)C(F)(F)C(F)(F)C(F)(F)C(F)(F)C(F)(F)C(F)(F)C(F)(F)CCCCCCCCCCCC(F)(F)F. The molecule has 0 atom stereocenters. The second-order valence-corrected chi connectivity index (χ2v) is 12.6. The van der Waals surface area contributed by atoms with Gasteiger partial charge in [-0.1, -0.05) is 44.9 Å². The molecule has 0 saturated heterocycles. The van der Waals surface area contributed by atoms with Crippen LogP contribution in [0, 0.1) is 0 Å². The lowest BCUT2D eigenvalue weighted by Gasteiger charge is -2.44. The topological polar surface area (TPSA) is 27.7 Å². The zero-order chi connectivity index (χ0) is 34.4. The van der Waals surface area contributed by atoms with Gasteiger partial charge >= 0.3 is 56.1 Å². The fourth-order valence-corrected chi connectivity index (χ4v) is 5.72. The molecule has 3 nitrogen and oxygen atoms in total. The van der Waals surface area contributed by atoms with Gasteiger partial charge in [0.15, 0.2) is 0 Å². The molecular weight excluding hydrogens is 663 g/mol. The minimum Gasteiger partial charge on any atom is -0.373 e. The van der Waals surface area contributed by atoms with Gasteiger partial charge in [-0.15, -0.1) is 0 Å². The molecule has 0 aromatic carbocycles. The molecule has 0 saturated carbocycles. The van der Waals surface area contributed by atoms with E-state index in [0.717, 1.165) is 0 Å². The van der Waals surface area contributed by atoms with E-state index in [1.54, 1.807) is 0 Å². The number of rotatable bonds is 21. The monoisotopic (exact) mass is 694 g/mol. The molecule has 0 fully saturated rings. The summed E-state index contributed by atoms with van der Waals surface area (Å²) in [4.78, 5) is 0. The molecule has 0 aliphatic carbocycles. The maximum Gasteiger partial charge on any atom is 0.581 e. The Balaban J connectivity index is 5.55. The van der Waals surface area contributed by atoms with E-state index < -0.39 is 81.7 Å². The van der Waals surface area contributed by atoms with Crippen LogP contribution in [0.4, 0.5) is 74.6 Å². The van der Waals surface area contributed by atoms with Crippen molar-refractivity contribution in [3.05, 3.63) is 0 Å². The van der Waals surface area contributed by atoms with Crippen molar-refractivity contribution in [1.29, 1.82) is 0 Å². The van der Waals surface area contributed by atoms with E-state index in [0.29, 0.717) is 19.3 Å². The van der Waals surface area contributed by atoms with Gasteiger partial charge in [-0.25, -0.2) is 0 Å². The van der Waals surface area contributed by atoms with Crippen LogP contribution >= 0.6 is 0 Å². The fourth-order valence-electron chi connectivity index (χ4n) is 3.91. The summed E-state index contributed by atoms with van der Waals surface area (Å²) in [5.74, 6) is -45.7. The molecule has 0 aliphatic rings. The van der Waals surface area contributed by atoms with Gasteiger partial charge in [0.25, 0.3) is 0 Å². The van der Waals surface area contributed by atoms with E-state index in [1.807, 2.05) is 0 Å². The summed E-state index contributed by atoms with van der Waals surface area (Å²) in [6.07, 6.45) is -7.62. The van der Waals surface area contributed by atoms with Crippen molar-refractivity contribution in [2.45, 2.75) is 118 Å². The summed E-state index contributed by atoms with van der Waals surface area (Å²) in [6.45, 7) is 0. The van der Waals surface area contributed by atoms with Crippen molar-refractivity contribution >= 4 is 8.80 Å². The number of alkyl halides is 17. The Morgan fingerprint density at radius 1 is 0.372 bits per heavy atom. The molecular formula is C22H31F17O3Si. The van der Waals surface area contributed by atoms with Gasteiger partial charge in [-0.05, 0) is 12.8 Å². The third-order valence-electron chi connectivity index (χ3n) is 6.57. The molecule has 0 aliphatic heterocycles. The average molecular weight is 695 g/mol. The van der Waals surface area contributed by atoms with Crippen molar-refractivity contribution in [2.24, 2.45) is 0 Å². The first-order valence-electron chi connectivity index (χ1n) is 12.5. The van der Waals surface area contributed by atoms with Crippen LogP contribution in [0.5, 0.6) is 0 Å². The van der Waals surface area contributed by atoms with Gasteiger partial charge in [-0.2, -0.15) is 74.6 Å². The molecule has 0 rings (SSSR count). The molecule has 0 amide bonds. The van der Waals surface area contributed by atoms with Crippen LogP contribution in [0.2, 0.25) is 0 Å². The van der Waals surface area contributed by atoms with E-state index in [2.05, 4.69) is 13.3 Å². The van der Waals surface area contributed by atoms with Crippen LogP contribution in [0.1, 0.15) is 70.6 Å². The molecule has 260 valence electrons. The highest BCUT2D eigenvalue weighted by molar-refractivity contribution is 6.63. The fraction of sp³-hybridized carbons (Fsp3) is 1.00. The first-order valence-corrected chi connectivity index (χ1v) is 14.2. The Morgan fingerprint density at radius 2 is 0.651 bits per heavy atom. The molecule has 0 unspecified atom stereocenters. The first kappa shape index (κ1) is 41.9. The van der Waals surface area contributed by atoms with Gasteiger partial charge in [0.1, 0.15) is 0 Å². The zero-order valence-electron chi connectivity index (χ0n) is 22.9. The second-order valence-electron chi connectivity index (χ2n) is 9.62. The van der Waals surface area contributed by atoms with Gasteiger partial charge in [-0.3, -0.25) is 0 Å². The normalized spacial score (nSPS) is 15.3. The third kappa shape index (κ3) is 8.20. The van der Waals surface area contributed by atoms with E-state index in [4.69, 9.17) is 0 Å². The second kappa shape index (κ2) is 14.6. The summed E-state index contributed by atoms with van der Waals surface area (Å²) in [7, 11) is -6.17. The van der Waals surface area contributed by atoms with Crippen molar-refractivity contribution in [3.8, 4) is 0 Å². The van der Waals surface area contributed by atoms with Crippen molar-refractivity contribution in [1.82, 2.24) is 0 Å². The minimum absolute atomic E-state index is 0.0136. The smallest absolute Gasteiger partial charge is 0.373 e. The molecule has 0 aromatic rings. The maximum atomic E-state index is 14.4. The standard InChI is InChI=1S/C22H31F17O3Si/c1-40-43(41-2,42-3)22(38,39)21(36,37)20(34,35)19(32,33)18(30,31)17(28,29)15(23,24)13-11-9-7-5-4-6-8-10-12-14-16(25,26)27/h4-14H2,1-3H3. The predicted molar refractivity (Wildman–Crippen MR) is 118 cm³/mol. The summed E-state index contributed by atoms with van der Waals surface area (Å²) >= 11 is 0. The number of unbranched alkanes of at least 4 members (excludes halogenated alkanes) is 8. The Kier molecular flexibility index (Phi) is 14.2. The summed E-state index contributed by atoms with van der Waals surface area (Å²) in [5.41, 5.74) is -6.69. The number of hydrogen-bond donors (Lipinski definition) is 0. The Bertz CT molecular complexity index is 837. The lowest BCUT2D eigenvalue weighted by Crippen LogP contribution is -2.77. The first-order chi connectivity index (χ1) is 19.1. The van der Waals surface area contributed by atoms with Crippen LogP contribution < -0.4 is 0 Å². The number of halogens is 17. The van der Waals surface area contributed by atoms with E-state index in [9.17, 15) is 74.6 Å². The third-order valence-corrected chi connectivity index (χ3v) is 9.27. The largest absolute Gasteiger partial charge is 0.581 e. The summed E-state index contributed by atoms with van der Waals surface area (Å²) in [5, 5.41) is 0. The predicted octanol–water partition coefficient (Wildman–Crippen LogP) is 9.70. The highest BCUT2D eigenvalue weighted by Crippen LogP contribution is 2.63. The lowest BCUT2D eigenvalue weighted by molar-refractivity contribution is -0.438. The highest BCUT2D eigenvalue weighted by Gasteiger charge is 2.95. The molecule has 0 heterocycles. The average Bonchev–Trinajstić information content (AvgIpc) is 2.87. The number of hydrogen-bond acceptors (Lipinski definition) is 3. The Labute approximate surface area is 236 Å². The van der Waals surface area contributed by atoms with Crippen LogP contribution in [0.3, 0.4) is 0 Å². The van der Waals surface area contributed by atoms with Crippen molar-refractivity contribution < 1.29 is 87.9 Å². The molecule has 0 bridgehead atoms.